The number of hydrogen-bond donors (Lipinski definition) is 0. The first-order chi connectivity index (χ1) is 23.3. The molecule has 3 heterocycles. The number of carbonyl (C=O) groups is 2. The maximum atomic E-state index is 14.3. The molecule has 0 saturated carbocycles. The van der Waals surface area contributed by atoms with Crippen molar-refractivity contribution in [2.24, 2.45) is 4.99 Å². The fourth-order valence-corrected chi connectivity index (χ4v) is 6.48. The van der Waals surface area contributed by atoms with Gasteiger partial charge in [0.25, 0.3) is 5.56 Å². The Kier molecular flexibility index (Phi) is 9.31. The third-order valence-corrected chi connectivity index (χ3v) is 8.50. The van der Waals surface area contributed by atoms with Crippen molar-refractivity contribution in [2.75, 3.05) is 13.2 Å². The average Bonchev–Trinajstić information content (AvgIpc) is 3.64. The fourth-order valence-electron chi connectivity index (χ4n) is 5.44. The third-order valence-electron chi connectivity index (χ3n) is 7.52. The summed E-state index contributed by atoms with van der Waals surface area (Å²) in [6.45, 7) is 9.15. The zero-order valence-corrected chi connectivity index (χ0v) is 27.4. The van der Waals surface area contributed by atoms with Crippen molar-refractivity contribution in [3.05, 3.63) is 140 Å². The second kappa shape index (κ2) is 13.9. The molecule has 0 bridgehead atoms. The highest BCUT2D eigenvalue weighted by Gasteiger charge is 2.33. The number of ether oxygens (including phenoxy) is 3. The van der Waals surface area contributed by atoms with Crippen LogP contribution in [-0.4, -0.2) is 39.5 Å². The van der Waals surface area contributed by atoms with Crippen molar-refractivity contribution < 1.29 is 23.8 Å². The van der Waals surface area contributed by atoms with E-state index in [-0.39, 0.29) is 17.7 Å². The van der Waals surface area contributed by atoms with Gasteiger partial charge in [0.2, 0.25) is 0 Å². The summed E-state index contributed by atoms with van der Waals surface area (Å²) in [7, 11) is 0. The van der Waals surface area contributed by atoms with Crippen molar-refractivity contribution >= 4 is 29.4 Å². The smallest absolute Gasteiger partial charge is 0.338 e. The van der Waals surface area contributed by atoms with Crippen LogP contribution >= 0.6 is 11.3 Å². The van der Waals surface area contributed by atoms with Crippen molar-refractivity contribution in [3.63, 3.8) is 0 Å². The Labute approximate surface area is 280 Å². The number of aromatic nitrogens is 3. The number of esters is 2. The molecule has 1 atom stereocenters. The summed E-state index contributed by atoms with van der Waals surface area (Å²) in [6, 6.07) is 23.2. The van der Waals surface area contributed by atoms with Crippen LogP contribution in [0.4, 0.5) is 0 Å². The molecular weight excluding hydrogens is 628 g/mol. The first-order valence-corrected chi connectivity index (χ1v) is 16.1. The van der Waals surface area contributed by atoms with Crippen LogP contribution < -0.4 is 24.4 Å². The van der Waals surface area contributed by atoms with Crippen LogP contribution in [0.5, 0.6) is 11.5 Å². The Bertz CT molecular complexity index is 2210. The summed E-state index contributed by atoms with van der Waals surface area (Å²) in [6.07, 6.45) is 5.16. The number of carbonyl (C=O) groups excluding carboxylic acids is 2. The molecule has 48 heavy (non-hydrogen) atoms. The normalized spacial score (nSPS) is 14.2. The van der Waals surface area contributed by atoms with Crippen molar-refractivity contribution in [3.8, 4) is 28.4 Å². The van der Waals surface area contributed by atoms with Gasteiger partial charge in [0.05, 0.1) is 34.1 Å². The topological polar surface area (TPSA) is 114 Å². The van der Waals surface area contributed by atoms with Gasteiger partial charge in [-0.15, -0.1) is 0 Å². The lowest BCUT2D eigenvalue weighted by molar-refractivity contribution is -0.138. The van der Waals surface area contributed by atoms with Crippen LogP contribution in [0.2, 0.25) is 0 Å². The molecule has 0 unspecified atom stereocenters. The molecule has 0 spiro atoms. The average molecular weight is 661 g/mol. The van der Waals surface area contributed by atoms with E-state index in [1.54, 1.807) is 41.9 Å². The van der Waals surface area contributed by atoms with Gasteiger partial charge >= 0.3 is 11.9 Å². The van der Waals surface area contributed by atoms with Crippen LogP contribution in [0.1, 0.15) is 37.9 Å². The Morgan fingerprint density at radius 3 is 2.38 bits per heavy atom. The molecule has 0 amide bonds. The monoisotopic (exact) mass is 660 g/mol. The molecule has 6 rings (SSSR count). The molecule has 3 aromatic carbocycles. The van der Waals surface area contributed by atoms with Crippen LogP contribution in [0.3, 0.4) is 0 Å². The Morgan fingerprint density at radius 1 is 1.00 bits per heavy atom. The Balaban J connectivity index is 1.51. The predicted molar refractivity (Wildman–Crippen MR) is 183 cm³/mol. The van der Waals surface area contributed by atoms with E-state index in [1.165, 1.54) is 28.9 Å². The molecule has 1 aliphatic heterocycles. The number of thiazole rings is 1. The van der Waals surface area contributed by atoms with Crippen LogP contribution in [0.25, 0.3) is 23.0 Å². The van der Waals surface area contributed by atoms with Gasteiger partial charge < -0.3 is 14.2 Å². The molecule has 0 saturated heterocycles. The molecule has 5 aromatic rings. The van der Waals surface area contributed by atoms with Gasteiger partial charge in [0.15, 0.2) is 4.80 Å². The lowest BCUT2D eigenvalue weighted by Gasteiger charge is -2.24. The van der Waals surface area contributed by atoms with Gasteiger partial charge in [-0.3, -0.25) is 14.2 Å². The lowest BCUT2D eigenvalue weighted by Crippen LogP contribution is -2.39. The molecule has 0 fully saturated rings. The molecule has 10 nitrogen and oxygen atoms in total. The number of para-hydroxylation sites is 1. The fraction of sp³-hybridized carbons (Fsp3) is 0.162. The molecule has 0 aliphatic carbocycles. The van der Waals surface area contributed by atoms with Crippen LogP contribution in [-0.2, 0) is 14.3 Å². The standard InChI is InChI=1S/C37H32N4O6S/c1-5-20-46-36(44)32-23(3)38-37-41(34(32)26-14-18-30(19-15-26)47-24(4)42)35(43)31(48-37)21-27-22-40(28-10-8-7-9-11-28)39-33(27)25-12-16-29(17-13-25)45-6-2/h5,7-19,21-22,34H,1,6,20H2,2-4H3/b31-21+/t34-/m0/s1. The zero-order chi connectivity index (χ0) is 33.8. The minimum Gasteiger partial charge on any atom is -0.494 e. The molecule has 0 N–H and O–H groups in total. The van der Waals surface area contributed by atoms with Gasteiger partial charge in [-0.25, -0.2) is 14.5 Å². The Hall–Kier alpha value is -5.81. The number of hydrogen-bond acceptors (Lipinski definition) is 9. The highest BCUT2D eigenvalue weighted by Crippen LogP contribution is 2.32. The quantitative estimate of drug-likeness (QED) is 0.116. The predicted octanol–water partition coefficient (Wildman–Crippen LogP) is 5.14. The highest BCUT2D eigenvalue weighted by molar-refractivity contribution is 7.07. The summed E-state index contributed by atoms with van der Waals surface area (Å²) in [5, 5.41) is 4.90. The first kappa shape index (κ1) is 32.1. The number of rotatable bonds is 10. The van der Waals surface area contributed by atoms with Gasteiger partial charge in [-0.05, 0) is 74.0 Å². The summed E-state index contributed by atoms with van der Waals surface area (Å²) >= 11 is 1.22. The summed E-state index contributed by atoms with van der Waals surface area (Å²) in [5.74, 6) is 0.0199. The van der Waals surface area contributed by atoms with E-state index in [9.17, 15) is 14.4 Å². The summed E-state index contributed by atoms with van der Waals surface area (Å²) < 4.78 is 20.0. The molecular formula is C37H32N4O6S. The van der Waals surface area contributed by atoms with E-state index in [1.807, 2.05) is 67.7 Å². The second-order valence-corrected chi connectivity index (χ2v) is 11.8. The molecule has 11 heteroatoms. The zero-order valence-electron chi connectivity index (χ0n) is 26.6. The van der Waals surface area contributed by atoms with E-state index in [0.29, 0.717) is 38.6 Å². The highest BCUT2D eigenvalue weighted by atomic mass is 32.1. The third kappa shape index (κ3) is 6.53. The molecule has 1 aliphatic rings. The molecule has 242 valence electrons. The lowest BCUT2D eigenvalue weighted by atomic mass is 9.96. The van der Waals surface area contributed by atoms with Crippen LogP contribution in [0, 0.1) is 0 Å². The van der Waals surface area contributed by atoms with E-state index in [2.05, 4.69) is 11.6 Å². The van der Waals surface area contributed by atoms with Crippen molar-refractivity contribution in [2.45, 2.75) is 26.8 Å². The number of fused-ring (bicyclic) bond motifs is 1. The van der Waals surface area contributed by atoms with Gasteiger partial charge in [0.1, 0.15) is 23.8 Å². The van der Waals surface area contributed by atoms with E-state index in [4.69, 9.17) is 19.3 Å². The van der Waals surface area contributed by atoms with Crippen molar-refractivity contribution in [1.29, 1.82) is 0 Å². The van der Waals surface area contributed by atoms with E-state index in [0.717, 1.165) is 22.6 Å². The molecule has 2 aromatic heterocycles. The summed E-state index contributed by atoms with van der Waals surface area (Å²) in [5.41, 5.74) is 4.04. The van der Waals surface area contributed by atoms with Gasteiger partial charge in [-0.1, -0.05) is 54.3 Å². The largest absolute Gasteiger partial charge is 0.494 e. The van der Waals surface area contributed by atoms with E-state index >= 15 is 0 Å². The SMILES string of the molecule is C=CCOC(=O)C1=C(C)N=c2s/c(=C/c3cn(-c4ccccc4)nc3-c3ccc(OCC)cc3)c(=O)n2[C@H]1c1ccc(OC(C)=O)cc1. The number of benzene rings is 3. The number of nitrogens with zero attached hydrogens (tertiary/aromatic N) is 4. The summed E-state index contributed by atoms with van der Waals surface area (Å²) in [4.78, 5) is 44.3. The van der Waals surface area contributed by atoms with Gasteiger partial charge in [-0.2, -0.15) is 5.10 Å². The Morgan fingerprint density at radius 2 is 1.71 bits per heavy atom. The van der Waals surface area contributed by atoms with Crippen molar-refractivity contribution in [1.82, 2.24) is 14.3 Å². The second-order valence-electron chi connectivity index (χ2n) is 10.8. The number of allylic oxidation sites excluding steroid dienone is 1. The first-order valence-electron chi connectivity index (χ1n) is 15.2. The minimum absolute atomic E-state index is 0.00211. The minimum atomic E-state index is -0.843. The maximum absolute atomic E-state index is 14.3. The van der Waals surface area contributed by atoms with E-state index < -0.39 is 18.0 Å². The van der Waals surface area contributed by atoms with Crippen LogP contribution in [0.15, 0.2) is 119 Å². The van der Waals surface area contributed by atoms with Gasteiger partial charge in [0, 0.05) is 24.2 Å². The maximum Gasteiger partial charge on any atom is 0.338 e. The molecule has 0 radical (unpaired) electrons.